The molecule has 0 aromatic carbocycles. The lowest BCUT2D eigenvalue weighted by molar-refractivity contribution is -0.149. The van der Waals surface area contributed by atoms with Gasteiger partial charge in [-0.25, -0.2) is 4.98 Å². The quantitative estimate of drug-likeness (QED) is 0.188. The second-order valence-electron chi connectivity index (χ2n) is 6.31. The normalized spacial score (nSPS) is 14.3. The van der Waals surface area contributed by atoms with E-state index < -0.39 is 43.0 Å². The number of carboxylic acid groups (broad SMARTS) is 2. The average Bonchev–Trinajstić information content (AvgIpc) is 2.95. The maximum absolute atomic E-state index is 11.3. The molecule has 1 heterocycles. The summed E-state index contributed by atoms with van der Waals surface area (Å²) in [5.74, 6) is -2.50. The Hall–Kier alpha value is -2.09. The third-order valence-electron chi connectivity index (χ3n) is 4.16. The Morgan fingerprint density at radius 3 is 2.22 bits per heavy atom. The van der Waals surface area contributed by atoms with Crippen molar-refractivity contribution in [1.82, 2.24) is 19.8 Å². The molecule has 0 aliphatic carbocycles. The molecule has 0 fully saturated rings. The van der Waals surface area contributed by atoms with Gasteiger partial charge in [0.15, 0.2) is 12.6 Å². The maximum atomic E-state index is 11.3. The summed E-state index contributed by atoms with van der Waals surface area (Å²) >= 11 is 0. The number of aromatic nitrogens is 2. The minimum atomic E-state index is -1.81. The number of hydrogen-bond acceptors (Lipinski definition) is 9. The van der Waals surface area contributed by atoms with Crippen molar-refractivity contribution in [3.8, 4) is 0 Å². The molecule has 0 amide bonds. The fourth-order valence-corrected chi connectivity index (χ4v) is 2.68. The van der Waals surface area contributed by atoms with Crippen LogP contribution in [0, 0.1) is 0 Å². The van der Waals surface area contributed by atoms with E-state index in [-0.39, 0.29) is 19.5 Å². The standard InChI is InChI=1S/C15H26N4O8/c1-18(10(14(24)25)3-12(20)21)5-8-9(17-7-16-8)6-19(2)11(15(26)27)4-13(22)23/h7,10-12,14,20-21,24-25H,3-6H2,1-2H3,(H,16,17)(H,22,23)(H,26,27). The number of rotatable bonds is 12. The third-order valence-corrected chi connectivity index (χ3v) is 4.16. The van der Waals surface area contributed by atoms with Crippen molar-refractivity contribution in [2.45, 2.75) is 50.6 Å². The zero-order valence-corrected chi connectivity index (χ0v) is 15.1. The molecule has 0 spiro atoms. The van der Waals surface area contributed by atoms with Gasteiger partial charge in [0.25, 0.3) is 0 Å². The number of aliphatic hydroxyl groups is 4. The molecule has 0 saturated carbocycles. The van der Waals surface area contributed by atoms with Gasteiger partial charge < -0.3 is 35.6 Å². The predicted octanol–water partition coefficient (Wildman–Crippen LogP) is -2.42. The second-order valence-corrected chi connectivity index (χ2v) is 6.31. The first-order valence-electron chi connectivity index (χ1n) is 8.11. The zero-order chi connectivity index (χ0) is 20.7. The van der Waals surface area contributed by atoms with Crippen LogP contribution in [0.4, 0.5) is 0 Å². The summed E-state index contributed by atoms with van der Waals surface area (Å²) in [6.07, 6.45) is -3.02. The smallest absolute Gasteiger partial charge is 0.321 e. The number of aliphatic hydroxyl groups excluding tert-OH is 2. The summed E-state index contributed by atoms with van der Waals surface area (Å²) in [6.45, 7) is 0.181. The lowest BCUT2D eigenvalue weighted by Gasteiger charge is -2.30. The highest BCUT2D eigenvalue weighted by Gasteiger charge is 2.28. The highest BCUT2D eigenvalue weighted by molar-refractivity contribution is 5.80. The summed E-state index contributed by atoms with van der Waals surface area (Å²) in [5.41, 5.74) is 0.999. The first kappa shape index (κ1) is 23.0. The zero-order valence-electron chi connectivity index (χ0n) is 15.1. The highest BCUT2D eigenvalue weighted by Crippen LogP contribution is 2.16. The van der Waals surface area contributed by atoms with Gasteiger partial charge in [0.05, 0.1) is 30.2 Å². The van der Waals surface area contributed by atoms with E-state index in [4.69, 9.17) is 15.3 Å². The van der Waals surface area contributed by atoms with Crippen molar-refractivity contribution >= 4 is 11.9 Å². The number of imidazole rings is 1. The molecule has 154 valence electrons. The van der Waals surface area contributed by atoms with Crippen LogP contribution < -0.4 is 0 Å². The predicted molar refractivity (Wildman–Crippen MR) is 90.1 cm³/mol. The minimum Gasteiger partial charge on any atom is -0.481 e. The summed E-state index contributed by atoms with van der Waals surface area (Å²) in [6, 6.07) is -2.20. The van der Waals surface area contributed by atoms with E-state index in [1.807, 2.05) is 0 Å². The molecule has 27 heavy (non-hydrogen) atoms. The van der Waals surface area contributed by atoms with E-state index in [1.54, 1.807) is 7.05 Å². The molecule has 0 saturated heterocycles. The van der Waals surface area contributed by atoms with E-state index in [9.17, 15) is 24.9 Å². The molecule has 1 aromatic rings. The van der Waals surface area contributed by atoms with E-state index >= 15 is 0 Å². The number of nitrogens with zero attached hydrogens (tertiary/aromatic N) is 3. The van der Waals surface area contributed by atoms with Gasteiger partial charge in [0.1, 0.15) is 6.04 Å². The molecule has 2 atom stereocenters. The SMILES string of the molecule is CN(Cc1[nH]cnc1CN(C)C(CC(O)O)C(O)O)C(CC(=O)O)C(=O)O. The van der Waals surface area contributed by atoms with Crippen LogP contribution in [-0.4, -0.2) is 101 Å². The fourth-order valence-electron chi connectivity index (χ4n) is 2.68. The van der Waals surface area contributed by atoms with Crippen molar-refractivity contribution in [2.75, 3.05) is 14.1 Å². The van der Waals surface area contributed by atoms with Crippen molar-refractivity contribution in [2.24, 2.45) is 0 Å². The number of hydrogen-bond donors (Lipinski definition) is 7. The number of carboxylic acids is 2. The van der Waals surface area contributed by atoms with E-state index in [0.717, 1.165) is 0 Å². The summed E-state index contributed by atoms with van der Waals surface area (Å²) < 4.78 is 0. The van der Waals surface area contributed by atoms with Crippen molar-refractivity contribution < 1.29 is 40.2 Å². The molecule has 7 N–H and O–H groups in total. The summed E-state index contributed by atoms with van der Waals surface area (Å²) in [7, 11) is 3.01. The number of H-pyrrole nitrogens is 1. The Labute approximate surface area is 155 Å². The first-order chi connectivity index (χ1) is 12.5. The molecule has 0 radical (unpaired) electrons. The number of aliphatic carboxylic acids is 2. The molecular formula is C15H26N4O8. The first-order valence-corrected chi connectivity index (χ1v) is 8.11. The van der Waals surface area contributed by atoms with Crippen LogP contribution >= 0.6 is 0 Å². The van der Waals surface area contributed by atoms with Crippen LogP contribution in [-0.2, 0) is 22.7 Å². The molecular weight excluding hydrogens is 364 g/mol. The van der Waals surface area contributed by atoms with Crippen molar-refractivity contribution in [1.29, 1.82) is 0 Å². The van der Waals surface area contributed by atoms with Gasteiger partial charge in [-0.3, -0.25) is 19.4 Å². The van der Waals surface area contributed by atoms with Crippen LogP contribution in [0.25, 0.3) is 0 Å². The molecule has 12 heteroatoms. The fraction of sp³-hybridized carbons (Fsp3) is 0.667. The van der Waals surface area contributed by atoms with Gasteiger partial charge in [-0.05, 0) is 14.1 Å². The van der Waals surface area contributed by atoms with Gasteiger partial charge in [-0.2, -0.15) is 0 Å². The van der Waals surface area contributed by atoms with Gasteiger partial charge in [-0.15, -0.1) is 0 Å². The number of likely N-dealkylation sites (N-methyl/N-ethyl adjacent to an activating group) is 2. The molecule has 0 aliphatic rings. The van der Waals surface area contributed by atoms with Crippen LogP contribution in [0.5, 0.6) is 0 Å². The van der Waals surface area contributed by atoms with E-state index in [2.05, 4.69) is 9.97 Å². The van der Waals surface area contributed by atoms with Crippen LogP contribution in [0.3, 0.4) is 0 Å². The van der Waals surface area contributed by atoms with Crippen LogP contribution in [0.2, 0.25) is 0 Å². The second kappa shape index (κ2) is 10.3. The monoisotopic (exact) mass is 390 g/mol. The van der Waals surface area contributed by atoms with Crippen LogP contribution in [0.15, 0.2) is 6.33 Å². The van der Waals surface area contributed by atoms with Gasteiger partial charge in [0, 0.05) is 19.5 Å². The van der Waals surface area contributed by atoms with Gasteiger partial charge >= 0.3 is 11.9 Å². The Bertz CT molecular complexity index is 621. The molecule has 0 bridgehead atoms. The molecule has 0 aliphatic heterocycles. The third kappa shape index (κ3) is 7.21. The number of carbonyl (C=O) groups is 2. The Kier molecular flexibility index (Phi) is 8.75. The summed E-state index contributed by atoms with van der Waals surface area (Å²) in [4.78, 5) is 31.9. The highest BCUT2D eigenvalue weighted by atomic mass is 16.5. The van der Waals surface area contributed by atoms with E-state index in [0.29, 0.717) is 11.4 Å². The lowest BCUT2D eigenvalue weighted by atomic mass is 10.1. The molecule has 2 unspecified atom stereocenters. The summed E-state index contributed by atoms with van der Waals surface area (Å²) in [5, 5.41) is 55.1. The van der Waals surface area contributed by atoms with Gasteiger partial charge in [-0.1, -0.05) is 0 Å². The minimum absolute atomic E-state index is 0.0718. The van der Waals surface area contributed by atoms with E-state index in [1.165, 1.54) is 23.2 Å². The topological polar surface area (TPSA) is 191 Å². The lowest BCUT2D eigenvalue weighted by Crippen LogP contribution is -2.43. The molecule has 1 aromatic heterocycles. The van der Waals surface area contributed by atoms with Crippen molar-refractivity contribution in [3.05, 3.63) is 17.7 Å². The molecule has 1 rings (SSSR count). The van der Waals surface area contributed by atoms with Crippen molar-refractivity contribution in [3.63, 3.8) is 0 Å². The Morgan fingerprint density at radius 1 is 1.11 bits per heavy atom. The Morgan fingerprint density at radius 2 is 1.74 bits per heavy atom. The average molecular weight is 390 g/mol. The number of aromatic amines is 1. The molecule has 12 nitrogen and oxygen atoms in total. The largest absolute Gasteiger partial charge is 0.481 e. The maximum Gasteiger partial charge on any atom is 0.321 e. The van der Waals surface area contributed by atoms with Gasteiger partial charge in [0.2, 0.25) is 0 Å². The van der Waals surface area contributed by atoms with Crippen LogP contribution in [0.1, 0.15) is 24.2 Å². The Balaban J connectivity index is 2.86. The number of nitrogens with one attached hydrogen (secondary N) is 1.